The first-order valence-electron chi connectivity index (χ1n) is 9.98. The van der Waals surface area contributed by atoms with Crippen molar-refractivity contribution < 1.29 is 4.42 Å². The molecule has 6 nitrogen and oxygen atoms in total. The first-order valence-corrected chi connectivity index (χ1v) is 10.9. The summed E-state index contributed by atoms with van der Waals surface area (Å²) in [6.07, 6.45) is 2.54. The number of aryl methyl sites for hydroxylation is 1. The molecule has 0 saturated carbocycles. The lowest BCUT2D eigenvalue weighted by Gasteiger charge is -2.37. The van der Waals surface area contributed by atoms with Crippen LogP contribution < -0.4 is 10.2 Å². The number of hydrogen-bond donors (Lipinski definition) is 1. The molecule has 8 heteroatoms. The number of halogens is 1. The zero-order chi connectivity index (χ0) is 20.1. The Hall–Kier alpha value is -2.07. The van der Waals surface area contributed by atoms with Crippen LogP contribution in [0, 0.1) is 6.92 Å². The quantitative estimate of drug-likeness (QED) is 0.300. The van der Waals surface area contributed by atoms with Crippen LogP contribution in [0.5, 0.6) is 0 Å². The van der Waals surface area contributed by atoms with Crippen LogP contribution in [0.1, 0.15) is 11.3 Å². The summed E-state index contributed by atoms with van der Waals surface area (Å²) < 4.78 is 5.65. The first kappa shape index (κ1) is 22.6. The van der Waals surface area contributed by atoms with Crippen molar-refractivity contribution in [2.45, 2.75) is 13.3 Å². The summed E-state index contributed by atoms with van der Waals surface area (Å²) in [5.74, 6) is 1.63. The van der Waals surface area contributed by atoms with Gasteiger partial charge in [-0.2, -0.15) is 0 Å². The third kappa shape index (κ3) is 5.54. The van der Waals surface area contributed by atoms with Gasteiger partial charge < -0.3 is 19.5 Å². The van der Waals surface area contributed by atoms with Gasteiger partial charge in [0.2, 0.25) is 5.89 Å². The molecule has 160 valence electrons. The maximum absolute atomic E-state index is 5.65. The van der Waals surface area contributed by atoms with Crippen LogP contribution in [0.3, 0.4) is 0 Å². The summed E-state index contributed by atoms with van der Waals surface area (Å²) in [5, 5.41) is 6.96. The molecule has 0 bridgehead atoms. The van der Waals surface area contributed by atoms with E-state index in [9.17, 15) is 0 Å². The van der Waals surface area contributed by atoms with E-state index in [0.29, 0.717) is 5.89 Å². The van der Waals surface area contributed by atoms with E-state index in [-0.39, 0.29) is 24.0 Å². The van der Waals surface area contributed by atoms with Gasteiger partial charge in [0.15, 0.2) is 5.96 Å². The SMILES string of the molecule is CN=C(NCCc1coc(-c2ccc(C)cc2)n1)N1CCN(c2cccs2)CC1.I. The zero-order valence-electron chi connectivity index (χ0n) is 17.4. The fourth-order valence-corrected chi connectivity index (χ4v) is 4.26. The van der Waals surface area contributed by atoms with E-state index in [0.717, 1.165) is 56.4 Å². The molecule has 4 rings (SSSR count). The number of rotatable bonds is 5. The Kier molecular flexibility index (Phi) is 8.15. The number of nitrogens with zero attached hydrogens (tertiary/aromatic N) is 4. The van der Waals surface area contributed by atoms with Gasteiger partial charge in [-0.15, -0.1) is 35.3 Å². The molecule has 1 aliphatic rings. The number of piperazine rings is 1. The molecule has 0 radical (unpaired) electrons. The standard InChI is InChI=1S/C22H27N5OS.HI/c1-17-5-7-18(8-6-17)21-25-19(16-28-21)9-10-24-22(23-2)27-13-11-26(12-14-27)20-4-3-15-29-20;/h3-8,15-16H,9-14H2,1-2H3,(H,23,24);1H. The highest BCUT2D eigenvalue weighted by molar-refractivity contribution is 14.0. The molecule has 0 unspecified atom stereocenters. The minimum absolute atomic E-state index is 0. The molecule has 2 aromatic heterocycles. The average molecular weight is 537 g/mol. The molecule has 3 heterocycles. The van der Waals surface area contributed by atoms with Crippen LogP contribution in [0.15, 0.2) is 57.5 Å². The summed E-state index contributed by atoms with van der Waals surface area (Å²) in [4.78, 5) is 13.8. The molecule has 30 heavy (non-hydrogen) atoms. The Morgan fingerprint density at radius 3 is 2.60 bits per heavy atom. The van der Waals surface area contributed by atoms with Crippen molar-refractivity contribution in [3.8, 4) is 11.5 Å². The second kappa shape index (κ2) is 10.8. The van der Waals surface area contributed by atoms with Crippen LogP contribution in [-0.2, 0) is 6.42 Å². The van der Waals surface area contributed by atoms with Crippen LogP contribution in [-0.4, -0.2) is 55.6 Å². The molecular formula is C22H28IN5OS. The second-order valence-electron chi connectivity index (χ2n) is 7.16. The number of hydrogen-bond acceptors (Lipinski definition) is 5. The minimum atomic E-state index is 0. The number of nitrogens with one attached hydrogen (secondary N) is 1. The predicted octanol–water partition coefficient (Wildman–Crippen LogP) is 4.27. The molecule has 0 amide bonds. The van der Waals surface area contributed by atoms with Crippen LogP contribution in [0.4, 0.5) is 5.00 Å². The fraction of sp³-hybridized carbons (Fsp3) is 0.364. The Bertz CT molecular complexity index is 931. The van der Waals surface area contributed by atoms with Crippen LogP contribution in [0.2, 0.25) is 0 Å². The van der Waals surface area contributed by atoms with E-state index in [4.69, 9.17) is 4.42 Å². The normalized spacial score (nSPS) is 14.5. The van der Waals surface area contributed by atoms with Gasteiger partial charge in [0.05, 0.1) is 10.7 Å². The van der Waals surface area contributed by atoms with Crippen molar-refractivity contribution in [3.05, 3.63) is 59.3 Å². The maximum Gasteiger partial charge on any atom is 0.226 e. The highest BCUT2D eigenvalue weighted by Crippen LogP contribution is 2.22. The Labute approximate surface area is 199 Å². The summed E-state index contributed by atoms with van der Waals surface area (Å²) >= 11 is 1.80. The molecule has 1 N–H and O–H groups in total. The second-order valence-corrected chi connectivity index (χ2v) is 8.09. The van der Waals surface area contributed by atoms with Crippen LogP contribution >= 0.6 is 35.3 Å². The highest BCUT2D eigenvalue weighted by Gasteiger charge is 2.20. The molecule has 1 aliphatic heterocycles. The van der Waals surface area contributed by atoms with Crippen molar-refractivity contribution >= 4 is 46.3 Å². The topological polar surface area (TPSA) is 56.9 Å². The van der Waals surface area contributed by atoms with E-state index in [1.165, 1.54) is 10.6 Å². The molecule has 1 aromatic carbocycles. The number of aliphatic imine (C=N–C) groups is 1. The lowest BCUT2D eigenvalue weighted by molar-refractivity contribution is 0.373. The molecule has 0 atom stereocenters. The summed E-state index contributed by atoms with van der Waals surface area (Å²) in [5.41, 5.74) is 3.19. The number of benzene rings is 1. The van der Waals surface area contributed by atoms with Crippen molar-refractivity contribution in [3.63, 3.8) is 0 Å². The Morgan fingerprint density at radius 2 is 1.93 bits per heavy atom. The minimum Gasteiger partial charge on any atom is -0.444 e. The average Bonchev–Trinajstić information content (AvgIpc) is 3.45. The number of guanidine groups is 1. The van der Waals surface area contributed by atoms with Gasteiger partial charge >= 0.3 is 0 Å². The van der Waals surface area contributed by atoms with Gasteiger partial charge in [0, 0.05) is 51.8 Å². The van der Waals surface area contributed by atoms with Crippen LogP contribution in [0.25, 0.3) is 11.5 Å². The predicted molar refractivity (Wildman–Crippen MR) is 135 cm³/mol. The number of anilines is 1. The van der Waals surface area contributed by atoms with Gasteiger partial charge in [-0.1, -0.05) is 17.7 Å². The fourth-order valence-electron chi connectivity index (χ4n) is 3.47. The van der Waals surface area contributed by atoms with E-state index < -0.39 is 0 Å². The van der Waals surface area contributed by atoms with Crippen molar-refractivity contribution in [2.24, 2.45) is 4.99 Å². The molecule has 0 aliphatic carbocycles. The maximum atomic E-state index is 5.65. The monoisotopic (exact) mass is 537 g/mol. The summed E-state index contributed by atoms with van der Waals surface area (Å²) in [6.45, 7) is 6.83. The van der Waals surface area contributed by atoms with E-state index in [1.54, 1.807) is 17.6 Å². The summed E-state index contributed by atoms with van der Waals surface area (Å²) in [7, 11) is 1.85. The zero-order valence-corrected chi connectivity index (χ0v) is 20.5. The van der Waals surface area contributed by atoms with E-state index >= 15 is 0 Å². The van der Waals surface area contributed by atoms with Gasteiger partial charge in [-0.05, 0) is 36.6 Å². The first-order chi connectivity index (χ1) is 14.2. The van der Waals surface area contributed by atoms with Crippen molar-refractivity contribution in [1.82, 2.24) is 15.2 Å². The van der Waals surface area contributed by atoms with Gasteiger partial charge in [0.25, 0.3) is 0 Å². The van der Waals surface area contributed by atoms with Gasteiger partial charge in [0.1, 0.15) is 6.26 Å². The lowest BCUT2D eigenvalue weighted by Crippen LogP contribution is -2.52. The number of thiophene rings is 1. The molecule has 1 saturated heterocycles. The summed E-state index contributed by atoms with van der Waals surface area (Å²) in [6, 6.07) is 12.5. The molecule has 1 fully saturated rings. The largest absolute Gasteiger partial charge is 0.444 e. The lowest BCUT2D eigenvalue weighted by atomic mass is 10.1. The van der Waals surface area contributed by atoms with Gasteiger partial charge in [-0.3, -0.25) is 4.99 Å². The smallest absolute Gasteiger partial charge is 0.226 e. The third-order valence-corrected chi connectivity index (χ3v) is 6.05. The van der Waals surface area contributed by atoms with E-state index in [2.05, 4.69) is 61.7 Å². The van der Waals surface area contributed by atoms with Gasteiger partial charge in [-0.25, -0.2) is 4.98 Å². The molecule has 0 spiro atoms. The number of oxazole rings is 1. The van der Waals surface area contributed by atoms with E-state index in [1.807, 2.05) is 19.2 Å². The molecule has 3 aromatic rings. The third-order valence-electron chi connectivity index (χ3n) is 5.12. The van der Waals surface area contributed by atoms with Crippen molar-refractivity contribution in [2.75, 3.05) is 44.7 Å². The molecular weight excluding hydrogens is 509 g/mol. The van der Waals surface area contributed by atoms with Crippen molar-refractivity contribution in [1.29, 1.82) is 0 Å². The highest BCUT2D eigenvalue weighted by atomic mass is 127. The Balaban J connectivity index is 0.00000256. The Morgan fingerprint density at radius 1 is 1.17 bits per heavy atom. The number of aromatic nitrogens is 1.